The molecule has 6 heteroatoms. The molecule has 0 atom stereocenters. The molecule has 1 aromatic heterocycles. The van der Waals surface area contributed by atoms with Crippen LogP contribution in [0.3, 0.4) is 0 Å². The molecule has 0 aliphatic carbocycles. The fraction of sp³-hybridized carbons (Fsp3) is 0.0625. The van der Waals surface area contributed by atoms with Crippen LogP contribution in [-0.4, -0.2) is 15.2 Å². The van der Waals surface area contributed by atoms with Gasteiger partial charge in [0.15, 0.2) is 5.82 Å². The first-order chi connectivity index (χ1) is 10.7. The molecule has 5 nitrogen and oxygen atoms in total. The summed E-state index contributed by atoms with van der Waals surface area (Å²) in [4.78, 5) is 4.34. The highest BCUT2D eigenvalue weighted by atomic mass is 19.1. The molecule has 3 rings (SSSR count). The standard InChI is InChI=1S/C16H14FN5/c1-11-4-2-3-5-14(11)20-15-10-18-22-16(21-15)19-13-8-6-12(17)7-9-13/h2-10H,1H3,(H2,19,20,21,22). The minimum absolute atomic E-state index is 0.292. The second-order valence-corrected chi connectivity index (χ2v) is 4.74. The van der Waals surface area contributed by atoms with Gasteiger partial charge in [-0.2, -0.15) is 10.1 Å². The number of para-hydroxylation sites is 1. The van der Waals surface area contributed by atoms with Crippen molar-refractivity contribution in [2.45, 2.75) is 6.92 Å². The van der Waals surface area contributed by atoms with Crippen molar-refractivity contribution in [3.05, 3.63) is 66.1 Å². The van der Waals surface area contributed by atoms with E-state index in [1.807, 2.05) is 31.2 Å². The van der Waals surface area contributed by atoms with Crippen molar-refractivity contribution in [1.29, 1.82) is 0 Å². The van der Waals surface area contributed by atoms with Crippen LogP contribution >= 0.6 is 0 Å². The normalized spacial score (nSPS) is 10.3. The van der Waals surface area contributed by atoms with E-state index in [2.05, 4.69) is 25.8 Å². The molecular formula is C16H14FN5. The predicted octanol–water partition coefficient (Wildman–Crippen LogP) is 3.81. The largest absolute Gasteiger partial charge is 0.339 e. The molecule has 0 spiro atoms. The first-order valence-corrected chi connectivity index (χ1v) is 6.76. The summed E-state index contributed by atoms with van der Waals surface area (Å²) in [5, 5.41) is 14.0. The summed E-state index contributed by atoms with van der Waals surface area (Å²) in [6, 6.07) is 13.8. The Hall–Kier alpha value is -3.02. The highest BCUT2D eigenvalue weighted by Crippen LogP contribution is 2.19. The first-order valence-electron chi connectivity index (χ1n) is 6.76. The van der Waals surface area contributed by atoms with Crippen molar-refractivity contribution in [3.63, 3.8) is 0 Å². The Kier molecular flexibility index (Phi) is 3.91. The smallest absolute Gasteiger partial charge is 0.249 e. The molecule has 0 saturated carbocycles. The number of nitrogens with one attached hydrogen (secondary N) is 2. The topological polar surface area (TPSA) is 62.7 Å². The SMILES string of the molecule is Cc1ccccc1Nc1cnnc(Nc2ccc(F)cc2)n1. The van der Waals surface area contributed by atoms with Crippen LogP contribution in [0.2, 0.25) is 0 Å². The summed E-state index contributed by atoms with van der Waals surface area (Å²) < 4.78 is 12.9. The predicted molar refractivity (Wildman–Crippen MR) is 84.0 cm³/mol. The molecule has 2 aromatic carbocycles. The van der Waals surface area contributed by atoms with Gasteiger partial charge in [0.25, 0.3) is 0 Å². The zero-order valence-corrected chi connectivity index (χ0v) is 11.9. The van der Waals surface area contributed by atoms with E-state index < -0.39 is 0 Å². The van der Waals surface area contributed by atoms with E-state index in [1.165, 1.54) is 12.1 Å². The van der Waals surface area contributed by atoms with Gasteiger partial charge in [0.1, 0.15) is 5.82 Å². The van der Waals surface area contributed by atoms with Crippen molar-refractivity contribution in [3.8, 4) is 0 Å². The van der Waals surface area contributed by atoms with Crippen molar-refractivity contribution >= 4 is 23.1 Å². The molecule has 0 aliphatic heterocycles. The maximum absolute atomic E-state index is 12.9. The van der Waals surface area contributed by atoms with Gasteiger partial charge in [0, 0.05) is 11.4 Å². The Morgan fingerprint density at radius 2 is 1.73 bits per heavy atom. The van der Waals surface area contributed by atoms with Gasteiger partial charge in [0.05, 0.1) is 6.20 Å². The Bertz CT molecular complexity index is 773. The number of hydrogen-bond acceptors (Lipinski definition) is 5. The fourth-order valence-electron chi connectivity index (χ4n) is 1.93. The molecule has 0 amide bonds. The minimum Gasteiger partial charge on any atom is -0.339 e. The monoisotopic (exact) mass is 295 g/mol. The third-order valence-corrected chi connectivity index (χ3v) is 3.07. The number of aromatic nitrogens is 3. The van der Waals surface area contributed by atoms with Crippen LogP contribution in [0.1, 0.15) is 5.56 Å². The number of rotatable bonds is 4. The molecular weight excluding hydrogens is 281 g/mol. The molecule has 0 bridgehead atoms. The number of hydrogen-bond donors (Lipinski definition) is 2. The van der Waals surface area contributed by atoms with Gasteiger partial charge in [-0.25, -0.2) is 4.39 Å². The van der Waals surface area contributed by atoms with Crippen molar-refractivity contribution < 1.29 is 4.39 Å². The van der Waals surface area contributed by atoms with Gasteiger partial charge < -0.3 is 10.6 Å². The van der Waals surface area contributed by atoms with E-state index in [9.17, 15) is 4.39 Å². The van der Waals surface area contributed by atoms with Crippen LogP contribution in [0.4, 0.5) is 27.5 Å². The summed E-state index contributed by atoms with van der Waals surface area (Å²) >= 11 is 0. The average Bonchev–Trinajstić information content (AvgIpc) is 2.52. The molecule has 0 aliphatic rings. The highest BCUT2D eigenvalue weighted by molar-refractivity contribution is 5.61. The van der Waals surface area contributed by atoms with Crippen LogP contribution in [0.15, 0.2) is 54.7 Å². The zero-order valence-electron chi connectivity index (χ0n) is 11.9. The van der Waals surface area contributed by atoms with Gasteiger partial charge in [-0.1, -0.05) is 18.2 Å². The van der Waals surface area contributed by atoms with E-state index in [0.717, 1.165) is 11.3 Å². The lowest BCUT2D eigenvalue weighted by molar-refractivity contribution is 0.628. The maximum atomic E-state index is 12.9. The molecule has 0 radical (unpaired) electrons. The van der Waals surface area contributed by atoms with E-state index in [1.54, 1.807) is 18.3 Å². The maximum Gasteiger partial charge on any atom is 0.249 e. The Labute approximate surface area is 127 Å². The number of aryl methyl sites for hydroxylation is 1. The van der Waals surface area contributed by atoms with Gasteiger partial charge >= 0.3 is 0 Å². The molecule has 0 unspecified atom stereocenters. The summed E-state index contributed by atoms with van der Waals surface area (Å²) in [6.07, 6.45) is 1.54. The number of halogens is 1. The van der Waals surface area contributed by atoms with Crippen LogP contribution in [-0.2, 0) is 0 Å². The molecule has 110 valence electrons. The zero-order chi connectivity index (χ0) is 15.4. The molecule has 1 heterocycles. The second kappa shape index (κ2) is 6.17. The van der Waals surface area contributed by atoms with E-state index in [0.29, 0.717) is 17.5 Å². The van der Waals surface area contributed by atoms with Crippen LogP contribution in [0.25, 0.3) is 0 Å². The first kappa shape index (κ1) is 13.9. The van der Waals surface area contributed by atoms with E-state index >= 15 is 0 Å². The van der Waals surface area contributed by atoms with Gasteiger partial charge in [-0.3, -0.25) is 0 Å². The van der Waals surface area contributed by atoms with Gasteiger partial charge in [0.2, 0.25) is 5.95 Å². The van der Waals surface area contributed by atoms with Crippen molar-refractivity contribution in [1.82, 2.24) is 15.2 Å². The van der Waals surface area contributed by atoms with E-state index in [-0.39, 0.29) is 5.82 Å². The highest BCUT2D eigenvalue weighted by Gasteiger charge is 2.03. The fourth-order valence-corrected chi connectivity index (χ4v) is 1.93. The lowest BCUT2D eigenvalue weighted by Gasteiger charge is -2.09. The number of anilines is 4. The molecule has 3 aromatic rings. The summed E-state index contributed by atoms with van der Waals surface area (Å²) in [7, 11) is 0. The third-order valence-electron chi connectivity index (χ3n) is 3.07. The lowest BCUT2D eigenvalue weighted by Crippen LogP contribution is -2.03. The Balaban J connectivity index is 1.78. The second-order valence-electron chi connectivity index (χ2n) is 4.74. The van der Waals surface area contributed by atoms with E-state index in [4.69, 9.17) is 0 Å². The Morgan fingerprint density at radius 3 is 2.50 bits per heavy atom. The minimum atomic E-state index is -0.292. The quantitative estimate of drug-likeness (QED) is 0.766. The number of benzene rings is 2. The molecule has 0 saturated heterocycles. The molecule has 0 fully saturated rings. The lowest BCUT2D eigenvalue weighted by atomic mass is 10.2. The average molecular weight is 295 g/mol. The number of nitrogens with zero attached hydrogens (tertiary/aromatic N) is 3. The molecule has 22 heavy (non-hydrogen) atoms. The summed E-state index contributed by atoms with van der Waals surface area (Å²) in [6.45, 7) is 2.01. The van der Waals surface area contributed by atoms with Crippen molar-refractivity contribution in [2.24, 2.45) is 0 Å². The van der Waals surface area contributed by atoms with Crippen LogP contribution < -0.4 is 10.6 Å². The Morgan fingerprint density at radius 1 is 0.955 bits per heavy atom. The molecule has 2 N–H and O–H groups in total. The van der Waals surface area contributed by atoms with Gasteiger partial charge in [-0.15, -0.1) is 5.10 Å². The summed E-state index contributed by atoms with van der Waals surface area (Å²) in [5.74, 6) is 0.624. The van der Waals surface area contributed by atoms with Crippen LogP contribution in [0.5, 0.6) is 0 Å². The van der Waals surface area contributed by atoms with Gasteiger partial charge in [-0.05, 0) is 42.8 Å². The summed E-state index contributed by atoms with van der Waals surface area (Å²) in [5.41, 5.74) is 2.75. The van der Waals surface area contributed by atoms with Crippen LogP contribution in [0, 0.1) is 12.7 Å². The van der Waals surface area contributed by atoms with Crippen molar-refractivity contribution in [2.75, 3.05) is 10.6 Å². The third kappa shape index (κ3) is 3.35.